The molecule has 7 heteroatoms. The lowest BCUT2D eigenvalue weighted by Gasteiger charge is -2.30. The van der Waals surface area contributed by atoms with Crippen molar-refractivity contribution in [3.8, 4) is 0 Å². The van der Waals surface area contributed by atoms with Crippen molar-refractivity contribution in [1.29, 1.82) is 0 Å². The van der Waals surface area contributed by atoms with Crippen LogP contribution in [0.2, 0.25) is 0 Å². The van der Waals surface area contributed by atoms with E-state index in [0.717, 1.165) is 5.69 Å². The minimum Gasteiger partial charge on any atom is -0.350 e. The zero-order valence-corrected chi connectivity index (χ0v) is 18.0. The fraction of sp³-hybridized carbons (Fsp3) is 0.478. The molecule has 0 spiro atoms. The van der Waals surface area contributed by atoms with Gasteiger partial charge in [0, 0.05) is 25.2 Å². The van der Waals surface area contributed by atoms with Crippen molar-refractivity contribution in [2.45, 2.75) is 55.9 Å². The lowest BCUT2D eigenvalue weighted by atomic mass is 9.97. The summed E-state index contributed by atoms with van der Waals surface area (Å²) in [5.41, 5.74) is 2.06. The van der Waals surface area contributed by atoms with Crippen molar-refractivity contribution in [2.75, 3.05) is 13.1 Å². The summed E-state index contributed by atoms with van der Waals surface area (Å²) in [6.07, 6.45) is 7.68. The van der Waals surface area contributed by atoms with Gasteiger partial charge in [-0.05, 0) is 61.4 Å². The maximum Gasteiger partial charge on any atom is 0.243 e. The van der Waals surface area contributed by atoms with Crippen LogP contribution in [0.4, 0.5) is 0 Å². The number of benzene rings is 1. The van der Waals surface area contributed by atoms with E-state index < -0.39 is 10.0 Å². The molecule has 2 heterocycles. The Morgan fingerprint density at radius 1 is 1.00 bits per heavy atom. The molecular formula is C23H29N3O3S. The number of piperidine rings is 1. The number of hydrogen-bond acceptors (Lipinski definition) is 4. The second kappa shape index (κ2) is 9.27. The Balaban J connectivity index is 1.31. The van der Waals surface area contributed by atoms with E-state index in [4.69, 9.17) is 0 Å². The first-order chi connectivity index (χ1) is 14.5. The molecule has 6 nitrogen and oxygen atoms in total. The van der Waals surface area contributed by atoms with E-state index in [0.29, 0.717) is 43.3 Å². The van der Waals surface area contributed by atoms with Crippen LogP contribution in [0.3, 0.4) is 0 Å². The third kappa shape index (κ3) is 4.73. The average molecular weight is 428 g/mol. The highest BCUT2D eigenvalue weighted by Gasteiger charge is 2.32. The molecule has 1 N–H and O–H groups in total. The van der Waals surface area contributed by atoms with Crippen molar-refractivity contribution >= 4 is 15.9 Å². The van der Waals surface area contributed by atoms with Crippen molar-refractivity contribution in [3.63, 3.8) is 0 Å². The third-order valence-electron chi connectivity index (χ3n) is 6.34. The van der Waals surface area contributed by atoms with Crippen LogP contribution in [-0.2, 0) is 21.4 Å². The van der Waals surface area contributed by atoms with E-state index in [2.05, 4.69) is 10.3 Å². The molecule has 1 aromatic carbocycles. The molecule has 0 radical (unpaired) electrons. The number of carbonyl (C=O) groups excluding carboxylic acids is 1. The van der Waals surface area contributed by atoms with Gasteiger partial charge in [-0.1, -0.05) is 31.0 Å². The molecule has 1 aromatic heterocycles. The Morgan fingerprint density at radius 3 is 2.33 bits per heavy atom. The number of aromatic nitrogens is 1. The van der Waals surface area contributed by atoms with Crippen LogP contribution in [0.25, 0.3) is 0 Å². The molecule has 0 bridgehead atoms. The fourth-order valence-electron chi connectivity index (χ4n) is 4.50. The molecule has 4 rings (SSSR count). The van der Waals surface area contributed by atoms with Crippen LogP contribution in [-0.4, -0.2) is 36.7 Å². The Bertz CT molecular complexity index is 947. The van der Waals surface area contributed by atoms with Crippen molar-refractivity contribution in [1.82, 2.24) is 14.6 Å². The van der Waals surface area contributed by atoms with Gasteiger partial charge < -0.3 is 5.32 Å². The average Bonchev–Trinajstić information content (AvgIpc) is 3.33. The molecule has 30 heavy (non-hydrogen) atoms. The predicted molar refractivity (Wildman–Crippen MR) is 115 cm³/mol. The summed E-state index contributed by atoms with van der Waals surface area (Å²) in [4.78, 5) is 17.0. The van der Waals surface area contributed by atoms with Gasteiger partial charge in [-0.3, -0.25) is 9.78 Å². The van der Waals surface area contributed by atoms with E-state index in [9.17, 15) is 13.2 Å². The standard InChI is InChI=1S/C23H29N3O3S/c27-23(25-17-21-7-3-4-14-24-21)20-12-15-26(16-13-20)30(28,29)22-10-8-19(9-11-22)18-5-1-2-6-18/h3-4,7-11,14,18,20H,1-2,5-6,12-13,15-17H2,(H,25,27). The van der Waals surface area contributed by atoms with E-state index in [1.54, 1.807) is 18.3 Å². The number of nitrogens with one attached hydrogen (secondary N) is 1. The monoisotopic (exact) mass is 427 g/mol. The molecule has 160 valence electrons. The van der Waals surface area contributed by atoms with E-state index in [1.807, 2.05) is 30.3 Å². The van der Waals surface area contributed by atoms with Gasteiger partial charge in [-0.15, -0.1) is 0 Å². The first-order valence-corrected chi connectivity index (χ1v) is 12.3. The first-order valence-electron chi connectivity index (χ1n) is 10.8. The highest BCUT2D eigenvalue weighted by atomic mass is 32.2. The number of hydrogen-bond donors (Lipinski definition) is 1. The van der Waals surface area contributed by atoms with Crippen molar-refractivity contribution in [2.24, 2.45) is 5.92 Å². The first kappa shape index (κ1) is 21.0. The summed E-state index contributed by atoms with van der Waals surface area (Å²) in [6.45, 7) is 1.13. The van der Waals surface area contributed by atoms with Gasteiger partial charge in [0.25, 0.3) is 0 Å². The van der Waals surface area contributed by atoms with Crippen LogP contribution < -0.4 is 5.32 Å². The highest BCUT2D eigenvalue weighted by Crippen LogP contribution is 2.34. The van der Waals surface area contributed by atoms with Crippen molar-refractivity contribution in [3.05, 3.63) is 59.9 Å². The lowest BCUT2D eigenvalue weighted by molar-refractivity contribution is -0.126. The van der Waals surface area contributed by atoms with Crippen molar-refractivity contribution < 1.29 is 13.2 Å². The summed E-state index contributed by atoms with van der Waals surface area (Å²) in [5, 5.41) is 2.92. The molecule has 2 aromatic rings. The molecule has 1 saturated heterocycles. The largest absolute Gasteiger partial charge is 0.350 e. The molecule has 1 saturated carbocycles. The number of rotatable bonds is 6. The summed E-state index contributed by atoms with van der Waals surface area (Å²) < 4.78 is 27.6. The van der Waals surface area contributed by atoms with Gasteiger partial charge in [0.2, 0.25) is 15.9 Å². The van der Waals surface area contributed by atoms with Crippen LogP contribution in [0.1, 0.15) is 55.7 Å². The van der Waals surface area contributed by atoms with Gasteiger partial charge in [0.05, 0.1) is 17.1 Å². The summed E-state index contributed by atoms with van der Waals surface area (Å²) in [7, 11) is -3.52. The third-order valence-corrected chi connectivity index (χ3v) is 8.25. The van der Waals surface area contributed by atoms with E-state index >= 15 is 0 Å². The smallest absolute Gasteiger partial charge is 0.243 e. The molecule has 1 aliphatic carbocycles. The number of carbonyl (C=O) groups is 1. The number of amides is 1. The SMILES string of the molecule is O=C(NCc1ccccn1)C1CCN(S(=O)(=O)c2ccc(C3CCCC3)cc2)CC1. The quantitative estimate of drug-likeness (QED) is 0.766. The molecule has 0 atom stereocenters. The lowest BCUT2D eigenvalue weighted by Crippen LogP contribution is -2.42. The maximum absolute atomic E-state index is 13.0. The highest BCUT2D eigenvalue weighted by molar-refractivity contribution is 7.89. The Labute approximate surface area is 178 Å². The Morgan fingerprint density at radius 2 is 1.70 bits per heavy atom. The number of pyridine rings is 1. The normalized spacial score (nSPS) is 19.1. The van der Waals surface area contributed by atoms with Gasteiger partial charge >= 0.3 is 0 Å². The number of sulfonamides is 1. The van der Waals surface area contributed by atoms with Crippen LogP contribution >= 0.6 is 0 Å². The predicted octanol–water partition coefficient (Wildman–Crippen LogP) is 3.46. The summed E-state index contributed by atoms with van der Waals surface area (Å²) in [5.74, 6) is 0.380. The minimum atomic E-state index is -3.52. The topological polar surface area (TPSA) is 79.4 Å². The van der Waals surface area contributed by atoms with Crippen LogP contribution in [0, 0.1) is 5.92 Å². The minimum absolute atomic E-state index is 0.0291. The molecular weight excluding hydrogens is 398 g/mol. The maximum atomic E-state index is 13.0. The fourth-order valence-corrected chi connectivity index (χ4v) is 5.97. The van der Waals surface area contributed by atoms with Crippen LogP contribution in [0.5, 0.6) is 0 Å². The van der Waals surface area contributed by atoms with Gasteiger partial charge in [0.15, 0.2) is 0 Å². The van der Waals surface area contributed by atoms with Gasteiger partial charge in [-0.2, -0.15) is 4.31 Å². The second-order valence-corrected chi connectivity index (χ2v) is 10.2. The van der Waals surface area contributed by atoms with Crippen LogP contribution in [0.15, 0.2) is 53.6 Å². The zero-order chi connectivity index (χ0) is 21.0. The second-order valence-electron chi connectivity index (χ2n) is 8.27. The summed E-state index contributed by atoms with van der Waals surface area (Å²) in [6, 6.07) is 13.0. The Kier molecular flexibility index (Phi) is 6.49. The Hall–Kier alpha value is -2.25. The summed E-state index contributed by atoms with van der Waals surface area (Å²) >= 11 is 0. The molecule has 2 fully saturated rings. The molecule has 2 aliphatic rings. The molecule has 1 aliphatic heterocycles. The van der Waals surface area contributed by atoms with Gasteiger partial charge in [0.1, 0.15) is 0 Å². The molecule has 1 amide bonds. The molecule has 0 unspecified atom stereocenters. The van der Waals surface area contributed by atoms with E-state index in [-0.39, 0.29) is 11.8 Å². The van der Waals surface area contributed by atoms with E-state index in [1.165, 1.54) is 35.6 Å². The van der Waals surface area contributed by atoms with Gasteiger partial charge in [-0.25, -0.2) is 8.42 Å². The zero-order valence-electron chi connectivity index (χ0n) is 17.2. The number of nitrogens with zero attached hydrogens (tertiary/aromatic N) is 2.